The molecule has 4 heteroatoms. The van der Waals surface area contributed by atoms with E-state index in [1.807, 2.05) is 19.1 Å². The van der Waals surface area contributed by atoms with E-state index < -0.39 is 0 Å². The number of halogens is 1. The maximum absolute atomic E-state index is 9.01. The highest BCUT2D eigenvalue weighted by Crippen LogP contribution is 2.25. The quantitative estimate of drug-likeness (QED) is 0.813. The first-order valence-corrected chi connectivity index (χ1v) is 7.24. The molecule has 0 spiro atoms. The number of aliphatic hydroxyl groups is 1. The third-order valence-corrected chi connectivity index (χ3v) is 3.51. The van der Waals surface area contributed by atoms with Gasteiger partial charge in [-0.3, -0.25) is 0 Å². The lowest BCUT2D eigenvalue weighted by molar-refractivity contribution is 0.173. The van der Waals surface area contributed by atoms with Crippen LogP contribution in [0.1, 0.15) is 25.3 Å². The zero-order valence-electron chi connectivity index (χ0n) is 10.7. The molecule has 0 amide bonds. The van der Waals surface area contributed by atoms with Crippen molar-refractivity contribution in [2.24, 2.45) is 5.92 Å². The topological polar surface area (TPSA) is 41.5 Å². The van der Waals surface area contributed by atoms with Crippen molar-refractivity contribution in [3.63, 3.8) is 0 Å². The van der Waals surface area contributed by atoms with Gasteiger partial charge in [0.05, 0.1) is 6.61 Å². The summed E-state index contributed by atoms with van der Waals surface area (Å²) in [6.45, 7) is 3.52. The summed E-state index contributed by atoms with van der Waals surface area (Å²) in [5, 5.41) is 12.5. The summed E-state index contributed by atoms with van der Waals surface area (Å²) in [6.07, 6.45) is 2.57. The Morgan fingerprint density at radius 3 is 2.94 bits per heavy atom. The number of rotatable bonds is 7. The Balaban J connectivity index is 1.97. The average molecular weight is 314 g/mol. The van der Waals surface area contributed by atoms with Crippen LogP contribution >= 0.6 is 15.9 Å². The van der Waals surface area contributed by atoms with Crippen molar-refractivity contribution in [1.29, 1.82) is 0 Å². The Kier molecular flexibility index (Phi) is 5.03. The van der Waals surface area contributed by atoms with Gasteiger partial charge < -0.3 is 15.2 Å². The molecular weight excluding hydrogens is 294 g/mol. The van der Waals surface area contributed by atoms with Gasteiger partial charge >= 0.3 is 0 Å². The van der Waals surface area contributed by atoms with Crippen molar-refractivity contribution < 1.29 is 9.84 Å². The summed E-state index contributed by atoms with van der Waals surface area (Å²) in [5.74, 6) is 1.07. The minimum absolute atomic E-state index is 0.159. The Morgan fingerprint density at radius 2 is 2.28 bits per heavy atom. The van der Waals surface area contributed by atoms with Crippen LogP contribution in [0.2, 0.25) is 0 Å². The average Bonchev–Trinajstić information content (AvgIpc) is 3.18. The van der Waals surface area contributed by atoms with Gasteiger partial charge in [-0.05, 0) is 31.0 Å². The van der Waals surface area contributed by atoms with Crippen LogP contribution in [0.15, 0.2) is 22.7 Å². The van der Waals surface area contributed by atoms with Crippen LogP contribution in [0.25, 0.3) is 0 Å². The molecule has 0 aliphatic heterocycles. The molecule has 0 radical (unpaired) electrons. The highest BCUT2D eigenvalue weighted by Gasteiger charge is 2.20. The first kappa shape index (κ1) is 13.8. The molecule has 0 heterocycles. The van der Waals surface area contributed by atoms with Crippen LogP contribution in [0, 0.1) is 5.92 Å². The van der Waals surface area contributed by atoms with Crippen LogP contribution in [0.3, 0.4) is 0 Å². The zero-order chi connectivity index (χ0) is 13.0. The second-order valence-electron chi connectivity index (χ2n) is 5.01. The highest BCUT2D eigenvalue weighted by atomic mass is 79.9. The van der Waals surface area contributed by atoms with Crippen molar-refractivity contribution in [3.8, 4) is 5.75 Å². The summed E-state index contributed by atoms with van der Waals surface area (Å²) < 4.78 is 6.84. The van der Waals surface area contributed by atoms with Crippen LogP contribution in [0.5, 0.6) is 5.75 Å². The summed E-state index contributed by atoms with van der Waals surface area (Å²) in [4.78, 5) is 0. The monoisotopic (exact) mass is 313 g/mol. The molecule has 0 saturated heterocycles. The summed E-state index contributed by atoms with van der Waals surface area (Å²) in [6, 6.07) is 6.75. The largest absolute Gasteiger partial charge is 0.493 e. The fourth-order valence-corrected chi connectivity index (χ4v) is 2.06. The summed E-state index contributed by atoms with van der Waals surface area (Å²) >= 11 is 3.49. The molecule has 1 unspecified atom stereocenters. The Morgan fingerprint density at radius 1 is 1.50 bits per heavy atom. The Labute approximate surface area is 117 Å². The molecule has 1 saturated carbocycles. The van der Waals surface area contributed by atoms with Crippen LogP contribution in [0.4, 0.5) is 0 Å². The second kappa shape index (κ2) is 6.55. The molecule has 18 heavy (non-hydrogen) atoms. The van der Waals surface area contributed by atoms with Gasteiger partial charge in [0.15, 0.2) is 0 Å². The number of hydrogen-bond acceptors (Lipinski definition) is 3. The lowest BCUT2D eigenvalue weighted by Gasteiger charge is -2.15. The molecule has 2 N–H and O–H groups in total. The number of hydrogen-bond donors (Lipinski definition) is 2. The minimum atomic E-state index is 0.159. The number of benzene rings is 1. The number of nitrogens with one attached hydrogen (secondary N) is 1. The molecule has 1 aliphatic carbocycles. The molecule has 0 aromatic heterocycles. The van der Waals surface area contributed by atoms with Gasteiger partial charge in [-0.1, -0.05) is 22.9 Å². The van der Waals surface area contributed by atoms with Crippen molar-refractivity contribution in [3.05, 3.63) is 28.2 Å². The molecule has 1 aliphatic rings. The van der Waals surface area contributed by atoms with Crippen molar-refractivity contribution >= 4 is 15.9 Å². The van der Waals surface area contributed by atoms with Gasteiger partial charge in [0.2, 0.25) is 0 Å². The van der Waals surface area contributed by atoms with E-state index in [1.165, 1.54) is 18.4 Å². The number of ether oxygens (including phenoxy) is 1. The molecule has 100 valence electrons. The molecule has 1 fully saturated rings. The van der Waals surface area contributed by atoms with E-state index in [-0.39, 0.29) is 12.5 Å². The van der Waals surface area contributed by atoms with E-state index in [1.54, 1.807) is 0 Å². The lowest BCUT2D eigenvalue weighted by atomic mass is 10.2. The third-order valence-electron chi connectivity index (χ3n) is 3.02. The van der Waals surface area contributed by atoms with Crippen LogP contribution in [-0.2, 0) is 6.54 Å². The molecule has 0 bridgehead atoms. The van der Waals surface area contributed by atoms with Gasteiger partial charge in [-0.25, -0.2) is 0 Å². The molecule has 2 rings (SSSR count). The molecule has 1 aromatic rings. The van der Waals surface area contributed by atoms with Crippen LogP contribution in [-0.4, -0.2) is 24.4 Å². The maximum atomic E-state index is 9.01. The van der Waals surface area contributed by atoms with Gasteiger partial charge in [0, 0.05) is 35.1 Å². The summed E-state index contributed by atoms with van der Waals surface area (Å²) in [5.41, 5.74) is 1.17. The van der Waals surface area contributed by atoms with Crippen LogP contribution < -0.4 is 10.1 Å². The van der Waals surface area contributed by atoms with E-state index in [2.05, 4.69) is 27.3 Å². The standard InChI is InChI=1S/C14H20BrNO2/c1-10(8-17)9-18-14-5-2-12(15)6-11(14)7-16-13-3-4-13/h2,5-6,10,13,16-17H,3-4,7-9H2,1H3. The van der Waals surface area contributed by atoms with Crippen molar-refractivity contribution in [2.45, 2.75) is 32.4 Å². The molecule has 3 nitrogen and oxygen atoms in total. The van der Waals surface area contributed by atoms with Gasteiger partial charge in [-0.2, -0.15) is 0 Å². The fourth-order valence-electron chi connectivity index (χ4n) is 1.65. The van der Waals surface area contributed by atoms with Gasteiger partial charge in [0.25, 0.3) is 0 Å². The van der Waals surface area contributed by atoms with E-state index in [9.17, 15) is 0 Å². The smallest absolute Gasteiger partial charge is 0.123 e. The minimum Gasteiger partial charge on any atom is -0.493 e. The Hall–Kier alpha value is -0.580. The zero-order valence-corrected chi connectivity index (χ0v) is 12.2. The number of aliphatic hydroxyl groups excluding tert-OH is 1. The predicted octanol–water partition coefficient (Wildman–Crippen LogP) is 2.71. The normalized spacial score (nSPS) is 16.6. The van der Waals surface area contributed by atoms with E-state index in [4.69, 9.17) is 9.84 Å². The van der Waals surface area contributed by atoms with Gasteiger partial charge in [-0.15, -0.1) is 0 Å². The third kappa shape index (κ3) is 4.26. The highest BCUT2D eigenvalue weighted by molar-refractivity contribution is 9.10. The first-order chi connectivity index (χ1) is 8.69. The van der Waals surface area contributed by atoms with E-state index >= 15 is 0 Å². The van der Waals surface area contributed by atoms with Crippen molar-refractivity contribution in [1.82, 2.24) is 5.32 Å². The maximum Gasteiger partial charge on any atom is 0.123 e. The first-order valence-electron chi connectivity index (χ1n) is 6.44. The predicted molar refractivity (Wildman–Crippen MR) is 75.7 cm³/mol. The molecule has 1 aromatic carbocycles. The SMILES string of the molecule is CC(CO)COc1ccc(Br)cc1CNC1CC1. The van der Waals surface area contributed by atoms with Gasteiger partial charge in [0.1, 0.15) is 5.75 Å². The lowest BCUT2D eigenvalue weighted by Crippen LogP contribution is -2.17. The Bertz CT molecular complexity index is 393. The fraction of sp³-hybridized carbons (Fsp3) is 0.571. The summed E-state index contributed by atoms with van der Waals surface area (Å²) in [7, 11) is 0. The second-order valence-corrected chi connectivity index (χ2v) is 5.92. The van der Waals surface area contributed by atoms with E-state index in [0.717, 1.165) is 16.8 Å². The van der Waals surface area contributed by atoms with E-state index in [0.29, 0.717) is 12.6 Å². The molecular formula is C14H20BrNO2. The molecule has 1 atom stereocenters. The van der Waals surface area contributed by atoms with Crippen molar-refractivity contribution in [2.75, 3.05) is 13.2 Å².